The minimum Gasteiger partial charge on any atom is -0.385 e. The molecule has 0 unspecified atom stereocenters. The molecule has 5 heteroatoms. The Bertz CT molecular complexity index is 398. The first-order valence-corrected chi connectivity index (χ1v) is 6.99. The summed E-state index contributed by atoms with van der Waals surface area (Å²) >= 11 is 3.52. The molecule has 0 fully saturated rings. The average Bonchev–Trinajstić information content (AvgIpc) is 2.43. The number of aldehydes is 1. The maximum Gasteiger partial charge on any atom is 0.150 e. The molecule has 19 heavy (non-hydrogen) atoms. The van der Waals surface area contributed by atoms with E-state index in [9.17, 15) is 4.79 Å². The molecule has 0 aliphatic carbocycles. The smallest absolute Gasteiger partial charge is 0.150 e. The van der Waals surface area contributed by atoms with E-state index in [1.54, 1.807) is 14.2 Å². The van der Waals surface area contributed by atoms with Gasteiger partial charge in [-0.15, -0.1) is 0 Å². The summed E-state index contributed by atoms with van der Waals surface area (Å²) in [5, 5.41) is 0. The molecular formula is C14H20BrNO3. The molecule has 0 saturated carbocycles. The third-order valence-electron chi connectivity index (χ3n) is 2.79. The molecule has 0 atom stereocenters. The molecule has 0 bridgehead atoms. The van der Waals surface area contributed by atoms with Gasteiger partial charge >= 0.3 is 0 Å². The van der Waals surface area contributed by atoms with Crippen LogP contribution >= 0.6 is 15.9 Å². The zero-order valence-electron chi connectivity index (χ0n) is 11.4. The van der Waals surface area contributed by atoms with E-state index in [2.05, 4.69) is 20.8 Å². The Morgan fingerprint density at radius 2 is 1.95 bits per heavy atom. The van der Waals surface area contributed by atoms with Gasteiger partial charge in [0, 0.05) is 44.0 Å². The molecule has 0 radical (unpaired) electrons. The number of carbonyl (C=O) groups is 1. The Kier molecular flexibility index (Phi) is 7.70. The first-order valence-electron chi connectivity index (χ1n) is 6.20. The van der Waals surface area contributed by atoms with Crippen molar-refractivity contribution in [2.24, 2.45) is 0 Å². The van der Waals surface area contributed by atoms with Crippen LogP contribution < -0.4 is 4.90 Å². The first-order chi connectivity index (χ1) is 9.22. The lowest BCUT2D eigenvalue weighted by atomic mass is 10.2. The normalized spacial score (nSPS) is 10.5. The van der Waals surface area contributed by atoms with Crippen LogP contribution in [0.15, 0.2) is 22.7 Å². The van der Waals surface area contributed by atoms with Crippen LogP contribution in [0.1, 0.15) is 16.8 Å². The number of carbonyl (C=O) groups excluding carboxylic acids is 1. The molecule has 0 aliphatic heterocycles. The van der Waals surface area contributed by atoms with Gasteiger partial charge in [0.25, 0.3) is 0 Å². The molecule has 0 saturated heterocycles. The van der Waals surface area contributed by atoms with Gasteiger partial charge in [-0.25, -0.2) is 0 Å². The molecule has 0 N–H and O–H groups in total. The highest BCUT2D eigenvalue weighted by Gasteiger charge is 2.10. The van der Waals surface area contributed by atoms with E-state index >= 15 is 0 Å². The summed E-state index contributed by atoms with van der Waals surface area (Å²) in [7, 11) is 3.39. The van der Waals surface area contributed by atoms with Crippen LogP contribution in [0.4, 0.5) is 5.69 Å². The van der Waals surface area contributed by atoms with Gasteiger partial charge in [0.15, 0.2) is 0 Å². The standard InChI is InChI=1S/C14H20BrNO3/c1-18-8-3-6-16(7-9-19-2)14-5-4-12(11-17)10-13(14)15/h4-5,10-11H,3,6-9H2,1-2H3. The summed E-state index contributed by atoms with van der Waals surface area (Å²) in [4.78, 5) is 13.0. The average molecular weight is 330 g/mol. The molecule has 1 rings (SSSR count). The van der Waals surface area contributed by atoms with Crippen molar-refractivity contribution in [2.45, 2.75) is 6.42 Å². The topological polar surface area (TPSA) is 38.8 Å². The summed E-state index contributed by atoms with van der Waals surface area (Å²) in [6.07, 6.45) is 1.79. The number of halogens is 1. The maximum absolute atomic E-state index is 10.8. The number of benzene rings is 1. The monoisotopic (exact) mass is 329 g/mol. The summed E-state index contributed by atoms with van der Waals surface area (Å²) < 4.78 is 11.1. The van der Waals surface area contributed by atoms with Gasteiger partial charge in [0.1, 0.15) is 6.29 Å². The van der Waals surface area contributed by atoms with E-state index in [4.69, 9.17) is 9.47 Å². The number of hydrogen-bond acceptors (Lipinski definition) is 4. The molecule has 0 aromatic heterocycles. The van der Waals surface area contributed by atoms with E-state index in [0.717, 1.165) is 42.6 Å². The minimum absolute atomic E-state index is 0.662. The van der Waals surface area contributed by atoms with Crippen LogP contribution in [-0.2, 0) is 9.47 Å². The third kappa shape index (κ3) is 5.30. The van der Waals surface area contributed by atoms with E-state index < -0.39 is 0 Å². The van der Waals surface area contributed by atoms with Gasteiger partial charge in [-0.2, -0.15) is 0 Å². The largest absolute Gasteiger partial charge is 0.385 e. The number of nitrogens with zero attached hydrogens (tertiary/aromatic N) is 1. The van der Waals surface area contributed by atoms with Crippen molar-refractivity contribution in [1.29, 1.82) is 0 Å². The zero-order valence-corrected chi connectivity index (χ0v) is 13.0. The molecular weight excluding hydrogens is 310 g/mol. The molecule has 0 heterocycles. The first kappa shape index (κ1) is 16.1. The van der Waals surface area contributed by atoms with Gasteiger partial charge in [-0.1, -0.05) is 0 Å². The van der Waals surface area contributed by atoms with Gasteiger partial charge in [-0.3, -0.25) is 4.79 Å². The predicted molar refractivity (Wildman–Crippen MR) is 80.1 cm³/mol. The van der Waals surface area contributed by atoms with E-state index in [-0.39, 0.29) is 0 Å². The van der Waals surface area contributed by atoms with Crippen LogP contribution in [0, 0.1) is 0 Å². The number of methoxy groups -OCH3 is 2. The Morgan fingerprint density at radius 1 is 1.21 bits per heavy atom. The summed E-state index contributed by atoms with van der Waals surface area (Å²) in [6, 6.07) is 5.61. The highest BCUT2D eigenvalue weighted by atomic mass is 79.9. The van der Waals surface area contributed by atoms with Crippen LogP contribution in [0.2, 0.25) is 0 Å². The van der Waals surface area contributed by atoms with E-state index in [1.807, 2.05) is 18.2 Å². The van der Waals surface area contributed by atoms with Gasteiger partial charge in [0.2, 0.25) is 0 Å². The Labute approximate surface area is 122 Å². The number of hydrogen-bond donors (Lipinski definition) is 0. The van der Waals surface area contributed by atoms with Crippen molar-refractivity contribution in [3.8, 4) is 0 Å². The predicted octanol–water partition coefficient (Wildman–Crippen LogP) is 2.75. The Morgan fingerprint density at radius 3 is 2.53 bits per heavy atom. The van der Waals surface area contributed by atoms with Crippen LogP contribution in [-0.4, -0.2) is 46.8 Å². The van der Waals surface area contributed by atoms with Gasteiger partial charge < -0.3 is 14.4 Å². The second-order valence-corrected chi connectivity index (χ2v) is 5.01. The number of anilines is 1. The molecule has 1 aromatic carbocycles. The van der Waals surface area contributed by atoms with Gasteiger partial charge in [-0.05, 0) is 40.5 Å². The molecule has 0 aliphatic rings. The highest BCUT2D eigenvalue weighted by molar-refractivity contribution is 9.10. The SMILES string of the molecule is COCCCN(CCOC)c1ccc(C=O)cc1Br. The lowest BCUT2D eigenvalue weighted by Crippen LogP contribution is -2.29. The number of rotatable bonds is 9. The zero-order chi connectivity index (χ0) is 14.1. The van der Waals surface area contributed by atoms with Crippen molar-refractivity contribution in [2.75, 3.05) is 45.4 Å². The molecule has 1 aromatic rings. The van der Waals surface area contributed by atoms with Gasteiger partial charge in [0.05, 0.1) is 12.3 Å². The van der Waals surface area contributed by atoms with Crippen LogP contribution in [0.5, 0.6) is 0 Å². The lowest BCUT2D eigenvalue weighted by molar-refractivity contribution is 0.112. The molecule has 4 nitrogen and oxygen atoms in total. The Balaban J connectivity index is 2.79. The second-order valence-electron chi connectivity index (χ2n) is 4.15. The van der Waals surface area contributed by atoms with E-state index in [1.165, 1.54) is 0 Å². The minimum atomic E-state index is 0.662. The molecule has 0 spiro atoms. The van der Waals surface area contributed by atoms with Crippen molar-refractivity contribution < 1.29 is 14.3 Å². The fraction of sp³-hybridized carbons (Fsp3) is 0.500. The van der Waals surface area contributed by atoms with Crippen molar-refractivity contribution in [1.82, 2.24) is 0 Å². The fourth-order valence-corrected chi connectivity index (χ4v) is 2.45. The van der Waals surface area contributed by atoms with Crippen molar-refractivity contribution in [3.05, 3.63) is 28.2 Å². The quantitative estimate of drug-likeness (QED) is 0.516. The van der Waals surface area contributed by atoms with Crippen LogP contribution in [0.25, 0.3) is 0 Å². The fourth-order valence-electron chi connectivity index (χ4n) is 1.81. The number of ether oxygens (including phenoxy) is 2. The second kappa shape index (κ2) is 9.07. The van der Waals surface area contributed by atoms with Crippen LogP contribution in [0.3, 0.4) is 0 Å². The lowest BCUT2D eigenvalue weighted by Gasteiger charge is -2.25. The highest BCUT2D eigenvalue weighted by Crippen LogP contribution is 2.27. The summed E-state index contributed by atoms with van der Waals surface area (Å²) in [6.45, 7) is 3.08. The maximum atomic E-state index is 10.8. The van der Waals surface area contributed by atoms with Crippen molar-refractivity contribution in [3.63, 3.8) is 0 Å². The summed E-state index contributed by atoms with van der Waals surface area (Å²) in [5.41, 5.74) is 1.73. The summed E-state index contributed by atoms with van der Waals surface area (Å²) in [5.74, 6) is 0. The Hall–Kier alpha value is -0.910. The molecule has 0 amide bonds. The third-order valence-corrected chi connectivity index (χ3v) is 3.43. The molecule has 106 valence electrons. The van der Waals surface area contributed by atoms with Crippen molar-refractivity contribution >= 4 is 27.9 Å². The van der Waals surface area contributed by atoms with E-state index in [0.29, 0.717) is 12.2 Å².